The van der Waals surface area contributed by atoms with Crippen molar-refractivity contribution < 1.29 is 13.2 Å². The molecule has 0 aliphatic heterocycles. The first-order valence-corrected chi connectivity index (χ1v) is 11.1. The zero-order valence-corrected chi connectivity index (χ0v) is 17.7. The van der Waals surface area contributed by atoms with Crippen LogP contribution in [0.3, 0.4) is 0 Å². The van der Waals surface area contributed by atoms with E-state index in [1.54, 1.807) is 42.5 Å². The maximum atomic E-state index is 13.4. The van der Waals surface area contributed by atoms with Crippen LogP contribution in [-0.2, 0) is 16.4 Å². The molecule has 0 aliphatic rings. The van der Waals surface area contributed by atoms with E-state index >= 15 is 0 Å². The third kappa shape index (κ3) is 3.92. The van der Waals surface area contributed by atoms with Gasteiger partial charge in [-0.3, -0.25) is 4.79 Å². The number of carbonyl (C=O) groups is 1. The highest BCUT2D eigenvalue weighted by atomic mass is 35.5. The monoisotopic (exact) mass is 459 g/mol. The summed E-state index contributed by atoms with van der Waals surface area (Å²) in [5.74, 6) is -0.565. The van der Waals surface area contributed by atoms with Crippen molar-refractivity contribution in [2.24, 2.45) is 0 Å². The first kappa shape index (κ1) is 20.4. The fraction of sp³-hybridized carbons (Fsp3) is 0.0476. The van der Waals surface area contributed by atoms with E-state index in [1.807, 2.05) is 0 Å². The van der Waals surface area contributed by atoms with Crippen molar-refractivity contribution in [2.45, 2.75) is 16.3 Å². The number of carbonyl (C=O) groups excluding carboxylic acids is 1. The summed E-state index contributed by atoms with van der Waals surface area (Å²) >= 11 is 12.0. The molecule has 2 heterocycles. The summed E-state index contributed by atoms with van der Waals surface area (Å²) in [6.45, 7) is 0.155. The molecule has 0 radical (unpaired) electrons. The second kappa shape index (κ2) is 8.10. The molecule has 2 N–H and O–H groups in total. The Morgan fingerprint density at radius 1 is 1.03 bits per heavy atom. The third-order valence-electron chi connectivity index (χ3n) is 4.51. The lowest BCUT2D eigenvalue weighted by atomic mass is 10.2. The van der Waals surface area contributed by atoms with Gasteiger partial charge in [0.15, 0.2) is 0 Å². The number of halogens is 2. The molecule has 4 aromatic rings. The number of H-pyrrole nitrogens is 1. The zero-order valence-electron chi connectivity index (χ0n) is 15.4. The maximum Gasteiger partial charge on any atom is 0.269 e. The van der Waals surface area contributed by atoms with Crippen LogP contribution in [0.25, 0.3) is 10.9 Å². The number of aromatic amines is 1. The molecule has 0 bridgehead atoms. The molecule has 0 aliphatic carbocycles. The first-order valence-electron chi connectivity index (χ1n) is 8.86. The summed E-state index contributed by atoms with van der Waals surface area (Å²) in [5, 5.41) is 3.74. The quantitative estimate of drug-likeness (QED) is 0.425. The second-order valence-corrected chi connectivity index (χ2v) is 9.22. The normalized spacial score (nSPS) is 11.5. The minimum atomic E-state index is -3.99. The van der Waals surface area contributed by atoms with Gasteiger partial charge in [0.25, 0.3) is 5.91 Å². The zero-order chi connectivity index (χ0) is 21.3. The van der Waals surface area contributed by atoms with Gasteiger partial charge in [-0.25, -0.2) is 13.4 Å². The summed E-state index contributed by atoms with van der Waals surface area (Å²) in [7, 11) is -3.99. The van der Waals surface area contributed by atoms with Crippen LogP contribution in [-0.4, -0.2) is 24.3 Å². The Kier molecular flexibility index (Phi) is 5.51. The van der Waals surface area contributed by atoms with Crippen LogP contribution in [0.5, 0.6) is 0 Å². The molecule has 4 rings (SSSR count). The van der Waals surface area contributed by atoms with E-state index in [4.69, 9.17) is 23.2 Å². The number of benzene rings is 2. The van der Waals surface area contributed by atoms with Crippen molar-refractivity contribution in [3.63, 3.8) is 0 Å². The molecule has 2 aromatic heterocycles. The molecule has 30 heavy (non-hydrogen) atoms. The van der Waals surface area contributed by atoms with Crippen molar-refractivity contribution in [3.8, 4) is 0 Å². The average Bonchev–Trinajstić information content (AvgIpc) is 3.12. The van der Waals surface area contributed by atoms with Crippen molar-refractivity contribution in [1.29, 1.82) is 0 Å². The predicted molar refractivity (Wildman–Crippen MR) is 116 cm³/mol. The molecular weight excluding hydrogens is 445 g/mol. The average molecular weight is 460 g/mol. The minimum absolute atomic E-state index is 0.0590. The largest absolute Gasteiger partial charge is 0.349 e. The van der Waals surface area contributed by atoms with Gasteiger partial charge in [0, 0.05) is 28.7 Å². The maximum absolute atomic E-state index is 13.4. The van der Waals surface area contributed by atoms with Gasteiger partial charge in [0.2, 0.25) is 9.84 Å². The smallest absolute Gasteiger partial charge is 0.269 e. The molecule has 0 unspecified atom stereocenters. The highest BCUT2D eigenvalue weighted by Gasteiger charge is 2.29. The number of hydrogen-bond acceptors (Lipinski definition) is 4. The van der Waals surface area contributed by atoms with Crippen LogP contribution in [0, 0.1) is 0 Å². The molecular formula is C21H15Cl2N3O3S. The van der Waals surface area contributed by atoms with Crippen molar-refractivity contribution in [3.05, 3.63) is 88.3 Å². The van der Waals surface area contributed by atoms with Gasteiger partial charge < -0.3 is 10.3 Å². The fourth-order valence-corrected chi connectivity index (χ4v) is 5.11. The molecule has 0 saturated carbocycles. The number of nitrogens with zero attached hydrogens (tertiary/aromatic N) is 1. The molecule has 0 spiro atoms. The van der Waals surface area contributed by atoms with Crippen LogP contribution < -0.4 is 5.32 Å². The Labute approximate surface area is 182 Å². The van der Waals surface area contributed by atoms with Crippen molar-refractivity contribution in [2.75, 3.05) is 0 Å². The molecule has 0 saturated heterocycles. The minimum Gasteiger partial charge on any atom is -0.349 e. The Morgan fingerprint density at radius 2 is 1.80 bits per heavy atom. The lowest BCUT2D eigenvalue weighted by Gasteiger charge is -2.08. The number of sulfone groups is 1. The molecule has 6 nitrogen and oxygen atoms in total. The highest BCUT2D eigenvalue weighted by Crippen LogP contribution is 2.33. The van der Waals surface area contributed by atoms with Gasteiger partial charge in [-0.2, -0.15) is 0 Å². The topological polar surface area (TPSA) is 91.9 Å². The summed E-state index contributed by atoms with van der Waals surface area (Å²) in [5.41, 5.74) is 1.16. The van der Waals surface area contributed by atoms with Gasteiger partial charge in [0.1, 0.15) is 15.7 Å². The van der Waals surface area contributed by atoms with Gasteiger partial charge in [0.05, 0.1) is 4.90 Å². The predicted octanol–water partition coefficient (Wildman–Crippen LogP) is 4.63. The Morgan fingerprint density at radius 3 is 2.53 bits per heavy atom. The lowest BCUT2D eigenvalue weighted by Crippen LogP contribution is -2.25. The third-order valence-corrected chi connectivity index (χ3v) is 6.80. The van der Waals surface area contributed by atoms with Crippen LogP contribution in [0.1, 0.15) is 16.1 Å². The summed E-state index contributed by atoms with van der Waals surface area (Å²) in [4.78, 5) is 19.8. The number of pyridine rings is 1. The number of aromatic nitrogens is 2. The summed E-state index contributed by atoms with van der Waals surface area (Å²) in [6.07, 6.45) is 1.53. The van der Waals surface area contributed by atoms with Crippen LogP contribution >= 0.6 is 23.2 Å². The molecule has 0 atom stereocenters. The molecule has 9 heteroatoms. The second-order valence-electron chi connectivity index (χ2n) is 6.51. The van der Waals surface area contributed by atoms with Crippen LogP contribution in [0.2, 0.25) is 10.2 Å². The van der Waals surface area contributed by atoms with Gasteiger partial charge in [-0.1, -0.05) is 41.4 Å². The Bertz CT molecular complexity index is 1350. The van der Waals surface area contributed by atoms with E-state index in [2.05, 4.69) is 15.3 Å². The fourth-order valence-electron chi connectivity index (χ4n) is 3.12. The van der Waals surface area contributed by atoms with Crippen LogP contribution in [0.4, 0.5) is 0 Å². The Hall–Kier alpha value is -2.87. The Balaban J connectivity index is 1.80. The van der Waals surface area contributed by atoms with E-state index in [0.717, 1.165) is 5.56 Å². The number of hydrogen-bond donors (Lipinski definition) is 2. The van der Waals surface area contributed by atoms with Crippen molar-refractivity contribution >= 4 is 49.8 Å². The molecule has 0 fully saturated rings. The number of fused-ring (bicyclic) bond motifs is 1. The first-order chi connectivity index (χ1) is 14.4. The van der Waals surface area contributed by atoms with Crippen LogP contribution in [0.15, 0.2) is 76.7 Å². The van der Waals surface area contributed by atoms with Crippen molar-refractivity contribution in [1.82, 2.24) is 15.3 Å². The van der Waals surface area contributed by atoms with Gasteiger partial charge >= 0.3 is 0 Å². The van der Waals surface area contributed by atoms with Gasteiger partial charge in [-0.05, 0) is 48.0 Å². The highest BCUT2D eigenvalue weighted by molar-refractivity contribution is 7.91. The molecule has 152 valence electrons. The number of amides is 1. The summed E-state index contributed by atoms with van der Waals surface area (Å²) in [6, 6.07) is 16.1. The number of nitrogens with one attached hydrogen (secondary N) is 2. The molecule has 1 amide bonds. The molecule has 2 aromatic carbocycles. The standard InChI is InChI=1S/C21H15Cl2N3O3S/c22-14-6-7-17-16(11-14)20(30(28,29)15-4-2-1-3-5-15)19(26-17)21(27)25-12-13-8-9-24-18(23)10-13/h1-11,26H,12H2,(H,25,27). The van der Waals surface area contributed by atoms with E-state index in [9.17, 15) is 13.2 Å². The van der Waals surface area contributed by atoms with E-state index in [1.165, 1.54) is 24.4 Å². The SMILES string of the molecule is O=C(NCc1ccnc(Cl)c1)c1[nH]c2ccc(Cl)cc2c1S(=O)(=O)c1ccccc1. The lowest BCUT2D eigenvalue weighted by molar-refractivity contribution is 0.0943. The van der Waals surface area contributed by atoms with E-state index in [0.29, 0.717) is 21.1 Å². The summed E-state index contributed by atoms with van der Waals surface area (Å²) < 4.78 is 26.8. The van der Waals surface area contributed by atoms with E-state index in [-0.39, 0.29) is 22.0 Å². The number of rotatable bonds is 5. The van der Waals surface area contributed by atoms with E-state index < -0.39 is 15.7 Å². The van der Waals surface area contributed by atoms with Gasteiger partial charge in [-0.15, -0.1) is 0 Å².